The van der Waals surface area contributed by atoms with Crippen LogP contribution in [0, 0.1) is 23.7 Å². The molecule has 0 spiro atoms. The summed E-state index contributed by atoms with van der Waals surface area (Å²) < 4.78 is 0. The van der Waals surface area contributed by atoms with E-state index in [-0.39, 0.29) is 41.8 Å². The topological polar surface area (TPSA) is 180 Å². The Morgan fingerprint density at radius 3 is 2.17 bits per heavy atom. The Morgan fingerprint density at radius 2 is 1.59 bits per heavy atom. The van der Waals surface area contributed by atoms with E-state index in [1.165, 1.54) is 18.6 Å². The molecule has 46 heavy (non-hydrogen) atoms. The number of likely N-dealkylation sites (tertiary alicyclic amines) is 1. The number of rotatable bonds is 15. The van der Waals surface area contributed by atoms with Crippen LogP contribution >= 0.6 is 0 Å². The van der Waals surface area contributed by atoms with E-state index < -0.39 is 59.5 Å². The van der Waals surface area contributed by atoms with Crippen LogP contribution in [0.2, 0.25) is 0 Å². The maximum atomic E-state index is 14.2. The molecule has 1 saturated heterocycles. The molecule has 1 aromatic rings. The second-order valence-corrected chi connectivity index (χ2v) is 13.3. The van der Waals surface area contributed by atoms with E-state index in [0.29, 0.717) is 19.4 Å². The summed E-state index contributed by atoms with van der Waals surface area (Å²) in [6, 6.07) is -3.95. The van der Waals surface area contributed by atoms with E-state index in [9.17, 15) is 28.8 Å². The van der Waals surface area contributed by atoms with Gasteiger partial charge in [-0.25, -0.2) is 4.98 Å². The monoisotopic (exact) mass is 641 g/mol. The van der Waals surface area contributed by atoms with Gasteiger partial charge in [-0.3, -0.25) is 33.8 Å². The lowest BCUT2D eigenvalue weighted by molar-refractivity contribution is -0.145. The molecule has 254 valence electrons. The molecule has 5 amide bonds. The first-order chi connectivity index (χ1) is 21.8. The van der Waals surface area contributed by atoms with E-state index >= 15 is 0 Å². The van der Waals surface area contributed by atoms with Crippen LogP contribution in [0.3, 0.4) is 0 Å². The number of carbonyl (C=O) groups is 6. The molecular weight excluding hydrogens is 590 g/mol. The van der Waals surface area contributed by atoms with Crippen molar-refractivity contribution in [2.75, 3.05) is 6.54 Å². The van der Waals surface area contributed by atoms with Crippen LogP contribution in [0.25, 0.3) is 0 Å². The summed E-state index contributed by atoms with van der Waals surface area (Å²) in [5.74, 6) is -4.00. The first-order valence-electron chi connectivity index (χ1n) is 16.6. The number of hydrogen-bond acceptors (Lipinski definition) is 8. The maximum Gasteiger partial charge on any atom is 0.289 e. The van der Waals surface area contributed by atoms with Gasteiger partial charge < -0.3 is 26.2 Å². The van der Waals surface area contributed by atoms with Gasteiger partial charge >= 0.3 is 0 Å². The van der Waals surface area contributed by atoms with Gasteiger partial charge in [0, 0.05) is 25.0 Å². The summed E-state index contributed by atoms with van der Waals surface area (Å²) in [5, 5.41) is 11.1. The average Bonchev–Trinajstić information content (AvgIpc) is 3.63. The smallest absolute Gasteiger partial charge is 0.289 e. The van der Waals surface area contributed by atoms with Crippen molar-refractivity contribution in [1.29, 1.82) is 0 Å². The highest BCUT2D eigenvalue weighted by Crippen LogP contribution is 2.42. The Bertz CT molecular complexity index is 1260. The number of carbonyl (C=O) groups excluding carboxylic acids is 6. The van der Waals surface area contributed by atoms with Crippen LogP contribution in [0.15, 0.2) is 18.6 Å². The molecule has 3 rings (SSSR count). The molecule has 1 saturated carbocycles. The van der Waals surface area contributed by atoms with Gasteiger partial charge in [-0.1, -0.05) is 54.4 Å². The Hall–Kier alpha value is -3.90. The molecule has 4 N–H and O–H groups in total. The molecule has 0 radical (unpaired) electrons. The van der Waals surface area contributed by atoms with Gasteiger partial charge in [-0.2, -0.15) is 0 Å². The third-order valence-electron chi connectivity index (χ3n) is 9.13. The summed E-state index contributed by atoms with van der Waals surface area (Å²) in [5.41, 5.74) is 0.0621. The number of ketones is 1. The van der Waals surface area contributed by atoms with Gasteiger partial charge in [0.2, 0.25) is 23.5 Å². The maximum absolute atomic E-state index is 14.2. The number of amides is 5. The lowest BCUT2D eigenvalue weighted by Gasteiger charge is -2.34. The Balaban J connectivity index is 1.80. The number of aromatic nitrogens is 2. The largest absolute Gasteiger partial charge is 0.347 e. The minimum Gasteiger partial charge on any atom is -0.347 e. The average molecular weight is 642 g/mol. The van der Waals surface area contributed by atoms with E-state index in [1.807, 2.05) is 27.7 Å². The van der Waals surface area contributed by atoms with Crippen molar-refractivity contribution in [3.05, 3.63) is 24.3 Å². The molecule has 13 nitrogen and oxygen atoms in total. The van der Waals surface area contributed by atoms with Crippen LogP contribution < -0.4 is 21.3 Å². The zero-order valence-electron chi connectivity index (χ0n) is 28.2. The minimum atomic E-state index is -1.01. The molecule has 3 unspecified atom stereocenters. The summed E-state index contributed by atoms with van der Waals surface area (Å²) in [4.78, 5) is 89.7. The molecule has 2 heterocycles. The molecule has 0 aromatic carbocycles. The Kier molecular flexibility index (Phi) is 13.2. The predicted octanol–water partition coefficient (Wildman–Crippen LogP) is 1.77. The molecule has 13 heteroatoms. The number of fused-ring (bicyclic) bond motifs is 1. The van der Waals surface area contributed by atoms with Crippen molar-refractivity contribution in [1.82, 2.24) is 36.1 Å². The van der Waals surface area contributed by atoms with Crippen molar-refractivity contribution in [3.8, 4) is 0 Å². The van der Waals surface area contributed by atoms with Crippen molar-refractivity contribution in [3.63, 3.8) is 0 Å². The third-order valence-corrected chi connectivity index (χ3v) is 9.13. The zero-order chi connectivity index (χ0) is 34.1. The zero-order valence-corrected chi connectivity index (χ0v) is 28.2. The van der Waals surface area contributed by atoms with Gasteiger partial charge in [0.25, 0.3) is 11.8 Å². The second-order valence-electron chi connectivity index (χ2n) is 13.3. The fraction of sp³-hybridized carbons (Fsp3) is 0.697. The molecule has 7 atom stereocenters. The van der Waals surface area contributed by atoms with Crippen molar-refractivity contribution in [2.24, 2.45) is 23.7 Å². The highest BCUT2D eigenvalue weighted by molar-refractivity contribution is 6.38. The van der Waals surface area contributed by atoms with Crippen LogP contribution in [-0.4, -0.2) is 86.9 Å². The molecular formula is C33H51N7O6. The summed E-state index contributed by atoms with van der Waals surface area (Å²) in [6.45, 7) is 13.1. The fourth-order valence-electron chi connectivity index (χ4n) is 6.34. The SMILES string of the molecule is CCCC(NC(=O)[C@@H]1C2CCCC2CN1C(=O)[C@@H](NC(=O)[C@@H](NC(=O)c1cnccn1)C(C)C)C(C)C)C(=O)C(=O)N[C@@H](C)CC. The van der Waals surface area contributed by atoms with Crippen LogP contribution in [-0.2, 0) is 24.0 Å². The van der Waals surface area contributed by atoms with E-state index in [0.717, 1.165) is 19.3 Å². The third kappa shape index (κ3) is 8.88. The van der Waals surface area contributed by atoms with Crippen molar-refractivity contribution >= 4 is 35.3 Å². The number of hydrogen-bond donors (Lipinski definition) is 4. The number of nitrogens with zero attached hydrogens (tertiary/aromatic N) is 3. The van der Waals surface area contributed by atoms with Gasteiger partial charge in [-0.15, -0.1) is 0 Å². The van der Waals surface area contributed by atoms with Crippen molar-refractivity contribution < 1.29 is 28.8 Å². The standard InChI is InChI=1S/C33H51N7O6/c1-8-11-23(28(41)32(45)36-20(7)9-2)37-31(44)27-22-13-10-12-21(22)17-40(27)33(46)26(19(5)6)39-30(43)25(18(3)4)38-29(42)24-16-34-14-15-35-24/h14-16,18-23,25-27H,8-13,17H2,1-7H3,(H,36,45)(H,37,44)(H,38,42)(H,39,43)/t20-,21?,22?,23?,25-,26-,27-/m0/s1. The normalized spacial score (nSPS) is 21.6. The summed E-state index contributed by atoms with van der Waals surface area (Å²) >= 11 is 0. The molecule has 1 aromatic heterocycles. The van der Waals surface area contributed by atoms with E-state index in [4.69, 9.17) is 0 Å². The van der Waals surface area contributed by atoms with Crippen molar-refractivity contribution in [2.45, 2.75) is 117 Å². The quantitative estimate of drug-likeness (QED) is 0.209. The predicted molar refractivity (Wildman–Crippen MR) is 171 cm³/mol. The molecule has 1 aliphatic carbocycles. The van der Waals surface area contributed by atoms with Crippen LogP contribution in [0.1, 0.15) is 97.5 Å². The molecule has 1 aliphatic heterocycles. The lowest BCUT2D eigenvalue weighted by Crippen LogP contribution is -2.60. The summed E-state index contributed by atoms with van der Waals surface area (Å²) in [6.07, 6.45) is 8.20. The Morgan fingerprint density at radius 1 is 0.891 bits per heavy atom. The molecule has 2 aliphatic rings. The van der Waals surface area contributed by atoms with Gasteiger partial charge in [0.05, 0.1) is 12.2 Å². The van der Waals surface area contributed by atoms with Crippen LogP contribution in [0.5, 0.6) is 0 Å². The fourth-order valence-corrected chi connectivity index (χ4v) is 6.34. The van der Waals surface area contributed by atoms with Crippen LogP contribution in [0.4, 0.5) is 0 Å². The molecule has 2 fully saturated rings. The summed E-state index contributed by atoms with van der Waals surface area (Å²) in [7, 11) is 0. The van der Waals surface area contributed by atoms with Gasteiger partial charge in [0.1, 0.15) is 23.8 Å². The van der Waals surface area contributed by atoms with E-state index in [1.54, 1.807) is 25.7 Å². The number of nitrogens with one attached hydrogen (secondary N) is 4. The van der Waals surface area contributed by atoms with Gasteiger partial charge in [-0.05, 0) is 56.3 Å². The highest BCUT2D eigenvalue weighted by Gasteiger charge is 2.51. The highest BCUT2D eigenvalue weighted by atomic mass is 16.2. The van der Waals surface area contributed by atoms with E-state index in [2.05, 4.69) is 31.2 Å². The number of Topliss-reactive ketones (excluding diaryl/α,β-unsaturated/α-hetero) is 1. The Labute approximate surface area is 271 Å². The lowest BCUT2D eigenvalue weighted by atomic mass is 9.92. The minimum absolute atomic E-state index is 0.0621. The second kappa shape index (κ2) is 16.6. The van der Waals surface area contributed by atoms with Gasteiger partial charge in [0.15, 0.2) is 0 Å². The first kappa shape index (κ1) is 36.6. The first-order valence-corrected chi connectivity index (χ1v) is 16.6. The molecule has 0 bridgehead atoms.